The summed E-state index contributed by atoms with van der Waals surface area (Å²) >= 11 is 4.91. The average molecular weight is 344 g/mol. The highest BCUT2D eigenvalue weighted by Gasteiger charge is 2.07. The lowest BCUT2D eigenvalue weighted by Crippen LogP contribution is -1.80. The molecule has 0 bridgehead atoms. The van der Waals surface area contributed by atoms with Crippen LogP contribution in [0.4, 0.5) is 4.39 Å². The van der Waals surface area contributed by atoms with Crippen molar-refractivity contribution in [1.82, 2.24) is 4.98 Å². The van der Waals surface area contributed by atoms with Crippen LogP contribution in [0.15, 0.2) is 28.2 Å². The first kappa shape index (κ1) is 16.3. The van der Waals surface area contributed by atoms with E-state index in [2.05, 4.69) is 34.8 Å². The highest BCUT2D eigenvalue weighted by molar-refractivity contribution is 9.11. The molecule has 0 unspecified atom stereocenters. The molecule has 0 spiro atoms. The lowest BCUT2D eigenvalue weighted by Gasteiger charge is -1.97. The van der Waals surface area contributed by atoms with Crippen molar-refractivity contribution >= 4 is 27.3 Å². The average Bonchev–Trinajstić information content (AvgIpc) is 2.71. The van der Waals surface area contributed by atoms with E-state index in [1.54, 1.807) is 23.5 Å². The summed E-state index contributed by atoms with van der Waals surface area (Å²) in [5.41, 5.74) is 1.87. The Morgan fingerprint density at radius 1 is 1.16 bits per heavy atom. The minimum atomic E-state index is -0.222. The number of rotatable bonds is 3. The second-order valence-electron chi connectivity index (χ2n) is 4.23. The summed E-state index contributed by atoms with van der Waals surface area (Å²) in [6, 6.07) is 6.37. The number of aromatic nitrogens is 1. The molecule has 1 nitrogen and oxygen atoms in total. The van der Waals surface area contributed by atoms with Crippen LogP contribution in [-0.4, -0.2) is 4.98 Å². The molecule has 0 atom stereocenters. The third-order valence-corrected chi connectivity index (χ3v) is 4.02. The van der Waals surface area contributed by atoms with E-state index in [1.807, 2.05) is 6.92 Å². The topological polar surface area (TPSA) is 12.9 Å². The van der Waals surface area contributed by atoms with Gasteiger partial charge in [-0.1, -0.05) is 33.1 Å². The predicted molar refractivity (Wildman–Crippen MR) is 85.1 cm³/mol. The van der Waals surface area contributed by atoms with Crippen LogP contribution in [-0.2, 0) is 0 Å². The minimum Gasteiger partial charge on any atom is -0.229 e. The largest absolute Gasteiger partial charge is 0.229 e. The Balaban J connectivity index is 0.000000312. The van der Waals surface area contributed by atoms with Crippen LogP contribution in [0, 0.1) is 12.7 Å². The molecule has 0 aliphatic heterocycles. The fourth-order valence-electron chi connectivity index (χ4n) is 1.59. The van der Waals surface area contributed by atoms with E-state index in [0.717, 1.165) is 20.1 Å². The van der Waals surface area contributed by atoms with E-state index < -0.39 is 0 Å². The third kappa shape index (κ3) is 5.41. The molecule has 19 heavy (non-hydrogen) atoms. The van der Waals surface area contributed by atoms with Gasteiger partial charge in [-0.25, -0.2) is 9.37 Å². The lowest BCUT2D eigenvalue weighted by atomic mass is 10.1. The maximum atomic E-state index is 12.7. The summed E-state index contributed by atoms with van der Waals surface area (Å²) in [5, 5.41) is 0. The van der Waals surface area contributed by atoms with Crippen LogP contribution in [0.1, 0.15) is 38.0 Å². The summed E-state index contributed by atoms with van der Waals surface area (Å²) in [4.78, 5) is 5.45. The van der Waals surface area contributed by atoms with Crippen molar-refractivity contribution < 1.29 is 4.39 Å². The number of unbranched alkanes of at least 4 members (excludes halogenated alkanes) is 2. The van der Waals surface area contributed by atoms with Crippen molar-refractivity contribution in [2.24, 2.45) is 0 Å². The molecule has 0 saturated heterocycles. The molecule has 0 aliphatic rings. The van der Waals surface area contributed by atoms with E-state index in [4.69, 9.17) is 0 Å². The molecule has 0 aliphatic carbocycles. The minimum absolute atomic E-state index is 0.222. The Morgan fingerprint density at radius 2 is 1.74 bits per heavy atom. The molecule has 1 aromatic heterocycles. The van der Waals surface area contributed by atoms with Crippen molar-refractivity contribution in [3.63, 3.8) is 0 Å². The number of benzene rings is 1. The van der Waals surface area contributed by atoms with Crippen LogP contribution in [0.3, 0.4) is 0 Å². The predicted octanol–water partition coefficient (Wildman–Crippen LogP) is 6.22. The van der Waals surface area contributed by atoms with Crippen LogP contribution in [0.5, 0.6) is 0 Å². The van der Waals surface area contributed by atoms with E-state index in [0.29, 0.717) is 0 Å². The molecule has 1 aromatic carbocycles. The smallest absolute Gasteiger partial charge is 0.160 e. The summed E-state index contributed by atoms with van der Waals surface area (Å²) in [5.74, 6) is -0.222. The first-order valence-electron chi connectivity index (χ1n) is 6.47. The summed E-state index contributed by atoms with van der Waals surface area (Å²) in [6.45, 7) is 6.42. The molecule has 4 heteroatoms. The van der Waals surface area contributed by atoms with Gasteiger partial charge in [0.15, 0.2) is 3.92 Å². The molecule has 0 radical (unpaired) electrons. The molecule has 2 rings (SSSR count). The first-order valence-corrected chi connectivity index (χ1v) is 8.08. The Kier molecular flexibility index (Phi) is 7.24. The normalized spacial score (nSPS) is 9.95. The standard InChI is InChI=1S/C10H7BrFNS.C5H12/c1-6-9(13-10(11)14-6)7-2-4-8(12)5-3-7;1-3-5-4-2/h2-5H,1H3;3-5H2,1-2H3. The van der Waals surface area contributed by atoms with Gasteiger partial charge in [-0.3, -0.25) is 0 Å². The van der Waals surface area contributed by atoms with Crippen LogP contribution < -0.4 is 0 Å². The Labute approximate surface area is 127 Å². The van der Waals surface area contributed by atoms with E-state index in [9.17, 15) is 4.39 Å². The highest BCUT2D eigenvalue weighted by atomic mass is 79.9. The van der Waals surface area contributed by atoms with Gasteiger partial charge in [0.2, 0.25) is 0 Å². The zero-order valence-corrected chi connectivity index (χ0v) is 13.9. The summed E-state index contributed by atoms with van der Waals surface area (Å²) < 4.78 is 13.5. The van der Waals surface area contributed by atoms with Crippen LogP contribution in [0.2, 0.25) is 0 Å². The van der Waals surface area contributed by atoms with Crippen molar-refractivity contribution in [3.8, 4) is 11.3 Å². The van der Waals surface area contributed by atoms with Crippen molar-refractivity contribution in [2.75, 3.05) is 0 Å². The fourth-order valence-corrected chi connectivity index (χ4v) is 3.15. The number of nitrogens with zero attached hydrogens (tertiary/aromatic N) is 1. The van der Waals surface area contributed by atoms with Crippen molar-refractivity contribution in [3.05, 3.63) is 38.9 Å². The second kappa shape index (κ2) is 8.43. The number of hydrogen-bond donors (Lipinski definition) is 0. The van der Waals surface area contributed by atoms with Gasteiger partial charge in [0.25, 0.3) is 0 Å². The SMILES string of the molecule is CCCCC.Cc1sc(Br)nc1-c1ccc(F)cc1. The molecular weight excluding hydrogens is 325 g/mol. The highest BCUT2D eigenvalue weighted by Crippen LogP contribution is 2.30. The van der Waals surface area contributed by atoms with Gasteiger partial charge in [0, 0.05) is 10.4 Å². The monoisotopic (exact) mass is 343 g/mol. The van der Waals surface area contributed by atoms with Gasteiger partial charge < -0.3 is 0 Å². The molecule has 0 saturated carbocycles. The van der Waals surface area contributed by atoms with Gasteiger partial charge in [0.05, 0.1) is 5.69 Å². The van der Waals surface area contributed by atoms with Crippen molar-refractivity contribution in [2.45, 2.75) is 40.0 Å². The third-order valence-electron chi connectivity index (χ3n) is 2.60. The van der Waals surface area contributed by atoms with Gasteiger partial charge in [-0.2, -0.15) is 0 Å². The summed E-state index contributed by atoms with van der Waals surface area (Å²) in [7, 11) is 0. The fraction of sp³-hybridized carbons (Fsp3) is 0.400. The lowest BCUT2D eigenvalue weighted by molar-refractivity contribution is 0.628. The quantitative estimate of drug-likeness (QED) is 0.644. The molecule has 1 heterocycles. The Morgan fingerprint density at radius 3 is 2.11 bits per heavy atom. The summed E-state index contributed by atoms with van der Waals surface area (Å²) in [6.07, 6.45) is 4.08. The molecular formula is C15H19BrFNS. The number of thiazole rings is 1. The zero-order valence-electron chi connectivity index (χ0n) is 11.5. The second-order valence-corrected chi connectivity index (χ2v) is 6.71. The van der Waals surface area contributed by atoms with Gasteiger partial charge in [0.1, 0.15) is 5.82 Å². The van der Waals surface area contributed by atoms with Crippen LogP contribution in [0.25, 0.3) is 11.3 Å². The number of halogens is 2. The van der Waals surface area contributed by atoms with E-state index in [-0.39, 0.29) is 5.82 Å². The van der Waals surface area contributed by atoms with Crippen molar-refractivity contribution in [1.29, 1.82) is 0 Å². The van der Waals surface area contributed by atoms with Gasteiger partial charge >= 0.3 is 0 Å². The van der Waals surface area contributed by atoms with Gasteiger partial charge in [-0.05, 0) is 47.1 Å². The zero-order chi connectivity index (χ0) is 14.3. The van der Waals surface area contributed by atoms with E-state index >= 15 is 0 Å². The Bertz CT molecular complexity index is 491. The molecule has 0 amide bonds. The van der Waals surface area contributed by atoms with E-state index in [1.165, 1.54) is 31.4 Å². The molecule has 104 valence electrons. The molecule has 0 fully saturated rings. The Hall–Kier alpha value is -0.740. The van der Waals surface area contributed by atoms with Gasteiger partial charge in [-0.15, -0.1) is 11.3 Å². The maximum Gasteiger partial charge on any atom is 0.160 e. The van der Waals surface area contributed by atoms with Crippen LogP contribution >= 0.6 is 27.3 Å². The molecule has 0 N–H and O–H groups in total. The first-order chi connectivity index (χ1) is 9.08. The maximum absolute atomic E-state index is 12.7. The molecule has 2 aromatic rings. The number of aryl methyl sites for hydroxylation is 1. The number of hydrogen-bond acceptors (Lipinski definition) is 2.